The van der Waals surface area contributed by atoms with E-state index in [0.29, 0.717) is 13.2 Å². The summed E-state index contributed by atoms with van der Waals surface area (Å²) in [4.78, 5) is 11.5. The molecule has 116 valence electrons. The molecule has 1 aromatic carbocycles. The fraction of sp³-hybridized carbons (Fsp3) is 0.588. The Hall–Kier alpha value is -1.55. The highest BCUT2D eigenvalue weighted by Crippen LogP contribution is 2.27. The van der Waals surface area contributed by atoms with Gasteiger partial charge in [-0.3, -0.25) is 4.79 Å². The molecule has 21 heavy (non-hydrogen) atoms. The molecule has 0 atom stereocenters. The molecule has 0 aromatic heterocycles. The van der Waals surface area contributed by atoms with Gasteiger partial charge in [-0.2, -0.15) is 0 Å². The molecule has 1 fully saturated rings. The first-order valence-electron chi connectivity index (χ1n) is 7.91. The van der Waals surface area contributed by atoms with E-state index in [1.54, 1.807) is 0 Å². The van der Waals surface area contributed by atoms with Gasteiger partial charge in [-0.25, -0.2) is 0 Å². The number of rotatable bonds is 10. The second-order valence-corrected chi connectivity index (χ2v) is 5.79. The van der Waals surface area contributed by atoms with Crippen LogP contribution in [0.4, 0.5) is 0 Å². The molecule has 0 bridgehead atoms. The van der Waals surface area contributed by atoms with Crippen molar-refractivity contribution in [1.82, 2.24) is 10.6 Å². The summed E-state index contributed by atoms with van der Waals surface area (Å²) in [6.45, 7) is 4.90. The molecule has 2 rings (SSSR count). The second-order valence-electron chi connectivity index (χ2n) is 5.79. The highest BCUT2D eigenvalue weighted by molar-refractivity contribution is 5.77. The molecule has 0 unspecified atom stereocenters. The number of carbonyl (C=O) groups excluding carboxylic acids is 1. The van der Waals surface area contributed by atoms with Gasteiger partial charge < -0.3 is 15.4 Å². The number of hydrogen-bond donors (Lipinski definition) is 2. The van der Waals surface area contributed by atoms with Crippen molar-refractivity contribution in [1.29, 1.82) is 0 Å². The Balaban J connectivity index is 1.42. The van der Waals surface area contributed by atoms with Crippen molar-refractivity contribution in [3.05, 3.63) is 29.8 Å². The van der Waals surface area contributed by atoms with E-state index in [2.05, 4.69) is 17.6 Å². The van der Waals surface area contributed by atoms with Crippen LogP contribution in [0.5, 0.6) is 5.75 Å². The number of nitrogens with one attached hydrogen (secondary N) is 2. The molecule has 4 nitrogen and oxygen atoms in total. The summed E-state index contributed by atoms with van der Waals surface area (Å²) in [6, 6.07) is 8.07. The van der Waals surface area contributed by atoms with E-state index < -0.39 is 0 Å². The molecule has 0 aliphatic heterocycles. The van der Waals surface area contributed by atoms with Crippen LogP contribution in [0.2, 0.25) is 0 Å². The molecule has 0 saturated heterocycles. The first-order valence-corrected chi connectivity index (χ1v) is 7.91. The zero-order chi connectivity index (χ0) is 14.9. The zero-order valence-corrected chi connectivity index (χ0v) is 12.9. The normalized spacial score (nSPS) is 14.0. The van der Waals surface area contributed by atoms with Crippen molar-refractivity contribution in [2.24, 2.45) is 5.92 Å². The third kappa shape index (κ3) is 7.14. The second kappa shape index (κ2) is 8.67. The summed E-state index contributed by atoms with van der Waals surface area (Å²) >= 11 is 0. The van der Waals surface area contributed by atoms with E-state index in [1.807, 2.05) is 24.3 Å². The van der Waals surface area contributed by atoms with Crippen LogP contribution < -0.4 is 15.4 Å². The minimum atomic E-state index is 0.0927. The number of amides is 1. The Morgan fingerprint density at radius 1 is 1.24 bits per heavy atom. The molecule has 1 aromatic rings. The van der Waals surface area contributed by atoms with E-state index in [9.17, 15) is 4.79 Å². The number of aryl methyl sites for hydroxylation is 1. The first kappa shape index (κ1) is 15.8. The van der Waals surface area contributed by atoms with Gasteiger partial charge in [0.05, 0.1) is 13.2 Å². The Bertz CT molecular complexity index is 427. The lowest BCUT2D eigenvalue weighted by Gasteiger charge is -2.08. The standard InChI is InChI=1S/C17H26N2O2/c1-14-4-8-16(9-5-14)21-11-3-2-10-19-17(20)13-18-12-15-6-7-15/h4-5,8-9,15,18H,2-3,6-7,10-13H2,1H3,(H,19,20). The van der Waals surface area contributed by atoms with E-state index in [1.165, 1.54) is 18.4 Å². The van der Waals surface area contributed by atoms with Gasteiger partial charge in [0.15, 0.2) is 0 Å². The van der Waals surface area contributed by atoms with Crippen LogP contribution in [0.1, 0.15) is 31.2 Å². The lowest BCUT2D eigenvalue weighted by molar-refractivity contribution is -0.120. The fourth-order valence-corrected chi connectivity index (χ4v) is 2.05. The lowest BCUT2D eigenvalue weighted by atomic mass is 10.2. The monoisotopic (exact) mass is 290 g/mol. The van der Waals surface area contributed by atoms with Gasteiger partial charge >= 0.3 is 0 Å². The molecule has 2 N–H and O–H groups in total. The highest BCUT2D eigenvalue weighted by atomic mass is 16.5. The summed E-state index contributed by atoms with van der Waals surface area (Å²) in [5.41, 5.74) is 1.24. The van der Waals surface area contributed by atoms with E-state index >= 15 is 0 Å². The van der Waals surface area contributed by atoms with E-state index in [4.69, 9.17) is 4.74 Å². The minimum absolute atomic E-state index is 0.0927. The van der Waals surface area contributed by atoms with Gasteiger partial charge in [0.1, 0.15) is 5.75 Å². The van der Waals surface area contributed by atoms with Gasteiger partial charge in [0, 0.05) is 6.54 Å². The van der Waals surface area contributed by atoms with Crippen LogP contribution in [0.3, 0.4) is 0 Å². The molecular weight excluding hydrogens is 264 g/mol. The Morgan fingerprint density at radius 3 is 2.71 bits per heavy atom. The maximum Gasteiger partial charge on any atom is 0.233 e. The topological polar surface area (TPSA) is 50.4 Å². The Labute approximate surface area is 127 Å². The number of ether oxygens (including phenoxy) is 1. The van der Waals surface area contributed by atoms with Gasteiger partial charge in [0.25, 0.3) is 0 Å². The van der Waals surface area contributed by atoms with Crippen LogP contribution in [0, 0.1) is 12.8 Å². The zero-order valence-electron chi connectivity index (χ0n) is 12.9. The van der Waals surface area contributed by atoms with Crippen LogP contribution >= 0.6 is 0 Å². The maximum absolute atomic E-state index is 11.5. The van der Waals surface area contributed by atoms with Crippen molar-refractivity contribution in [3.63, 3.8) is 0 Å². The third-order valence-corrected chi connectivity index (χ3v) is 3.60. The summed E-state index contributed by atoms with van der Waals surface area (Å²) in [5.74, 6) is 1.82. The molecule has 1 amide bonds. The lowest BCUT2D eigenvalue weighted by Crippen LogP contribution is -2.35. The molecule has 1 saturated carbocycles. The molecule has 4 heteroatoms. The van der Waals surface area contributed by atoms with Crippen molar-refractivity contribution < 1.29 is 9.53 Å². The maximum atomic E-state index is 11.5. The van der Waals surface area contributed by atoms with Crippen LogP contribution in [0.15, 0.2) is 24.3 Å². The van der Waals surface area contributed by atoms with Crippen molar-refractivity contribution in [3.8, 4) is 5.75 Å². The summed E-state index contributed by atoms with van der Waals surface area (Å²) < 4.78 is 5.64. The molecule has 0 spiro atoms. The van der Waals surface area contributed by atoms with Gasteiger partial charge in [-0.1, -0.05) is 17.7 Å². The number of carbonyl (C=O) groups is 1. The van der Waals surface area contributed by atoms with Crippen LogP contribution in [-0.2, 0) is 4.79 Å². The minimum Gasteiger partial charge on any atom is -0.494 e. The molecule has 1 aliphatic rings. The molecule has 0 radical (unpaired) electrons. The largest absolute Gasteiger partial charge is 0.494 e. The van der Waals surface area contributed by atoms with Crippen molar-refractivity contribution >= 4 is 5.91 Å². The smallest absolute Gasteiger partial charge is 0.233 e. The summed E-state index contributed by atoms with van der Waals surface area (Å²) in [6.07, 6.45) is 4.52. The number of benzene rings is 1. The quantitative estimate of drug-likeness (QED) is 0.650. The van der Waals surface area contributed by atoms with Gasteiger partial charge in [0.2, 0.25) is 5.91 Å². The van der Waals surface area contributed by atoms with Gasteiger partial charge in [-0.05, 0) is 57.2 Å². The number of hydrogen-bond acceptors (Lipinski definition) is 3. The van der Waals surface area contributed by atoms with E-state index in [-0.39, 0.29) is 5.91 Å². The predicted molar refractivity (Wildman–Crippen MR) is 84.5 cm³/mol. The van der Waals surface area contributed by atoms with Gasteiger partial charge in [-0.15, -0.1) is 0 Å². The Kier molecular flexibility index (Phi) is 6.54. The van der Waals surface area contributed by atoms with Crippen molar-refractivity contribution in [2.75, 3.05) is 26.2 Å². The SMILES string of the molecule is Cc1ccc(OCCCCNC(=O)CNCC2CC2)cc1. The third-order valence-electron chi connectivity index (χ3n) is 3.60. The molecular formula is C17H26N2O2. The molecule has 1 aliphatic carbocycles. The summed E-state index contributed by atoms with van der Waals surface area (Å²) in [5, 5.41) is 6.11. The fourth-order valence-electron chi connectivity index (χ4n) is 2.05. The first-order chi connectivity index (χ1) is 10.2. The van der Waals surface area contributed by atoms with Crippen molar-refractivity contribution in [2.45, 2.75) is 32.6 Å². The van der Waals surface area contributed by atoms with Crippen LogP contribution in [-0.4, -0.2) is 32.1 Å². The average Bonchev–Trinajstić information content (AvgIpc) is 3.29. The van der Waals surface area contributed by atoms with Crippen LogP contribution in [0.25, 0.3) is 0 Å². The van der Waals surface area contributed by atoms with E-state index in [0.717, 1.165) is 37.6 Å². The Morgan fingerprint density at radius 2 is 2.00 bits per heavy atom. The number of unbranched alkanes of at least 4 members (excludes halogenated alkanes) is 1. The predicted octanol–water partition coefficient (Wildman–Crippen LogP) is 2.27. The molecule has 0 heterocycles. The summed E-state index contributed by atoms with van der Waals surface area (Å²) in [7, 11) is 0. The average molecular weight is 290 g/mol. The highest BCUT2D eigenvalue weighted by Gasteiger charge is 2.20.